The van der Waals surface area contributed by atoms with Crippen molar-refractivity contribution in [1.82, 2.24) is 9.21 Å². The van der Waals surface area contributed by atoms with E-state index in [9.17, 15) is 22.0 Å². The summed E-state index contributed by atoms with van der Waals surface area (Å²) in [6, 6.07) is 7.25. The van der Waals surface area contributed by atoms with E-state index in [1.165, 1.54) is 4.90 Å². The molecule has 1 saturated heterocycles. The molecule has 10 heteroatoms. The monoisotopic (exact) mass is 454 g/mol. The van der Waals surface area contributed by atoms with E-state index in [0.29, 0.717) is 36.3 Å². The van der Waals surface area contributed by atoms with Gasteiger partial charge in [0.05, 0.1) is 13.2 Å². The Morgan fingerprint density at radius 1 is 0.935 bits per heavy atom. The highest BCUT2D eigenvalue weighted by molar-refractivity contribution is 7.89. The molecule has 31 heavy (non-hydrogen) atoms. The molecular weight excluding hydrogens is 430 g/mol. The molecule has 0 bridgehead atoms. The molecular formula is C21H24F2N2O5S. The Bertz CT molecular complexity index is 1050. The Hall–Kier alpha value is -2.72. The molecule has 0 unspecified atom stereocenters. The second-order valence-electron chi connectivity index (χ2n) is 6.80. The van der Waals surface area contributed by atoms with Crippen LogP contribution >= 0.6 is 0 Å². The second-order valence-corrected chi connectivity index (χ2v) is 8.70. The van der Waals surface area contributed by atoms with E-state index in [-0.39, 0.29) is 32.1 Å². The molecule has 2 aromatic rings. The molecule has 168 valence electrons. The van der Waals surface area contributed by atoms with E-state index in [0.717, 1.165) is 16.4 Å². The number of hydrogen-bond acceptors (Lipinski definition) is 5. The fourth-order valence-corrected chi connectivity index (χ4v) is 4.79. The maximum Gasteiger partial charge on any atom is 0.254 e. The van der Waals surface area contributed by atoms with Gasteiger partial charge in [-0.15, -0.1) is 0 Å². The highest BCUT2D eigenvalue weighted by atomic mass is 32.2. The minimum atomic E-state index is -4.13. The van der Waals surface area contributed by atoms with E-state index in [4.69, 9.17) is 9.47 Å². The van der Waals surface area contributed by atoms with Crippen molar-refractivity contribution >= 4 is 15.9 Å². The third kappa shape index (κ3) is 4.96. The maximum absolute atomic E-state index is 14.0. The van der Waals surface area contributed by atoms with Crippen LogP contribution in [-0.2, 0) is 10.0 Å². The largest absolute Gasteiger partial charge is 0.490 e. The summed E-state index contributed by atoms with van der Waals surface area (Å²) in [5, 5.41) is 0. The average Bonchev–Trinajstić information content (AvgIpc) is 2.74. The Labute approximate surface area is 180 Å². The topological polar surface area (TPSA) is 76.2 Å². The van der Waals surface area contributed by atoms with Crippen LogP contribution in [0.1, 0.15) is 24.2 Å². The van der Waals surface area contributed by atoms with E-state index in [1.807, 2.05) is 13.8 Å². The number of sulfonamides is 1. The molecule has 0 atom stereocenters. The van der Waals surface area contributed by atoms with Crippen LogP contribution in [-0.4, -0.2) is 62.9 Å². The maximum atomic E-state index is 14.0. The molecule has 2 aromatic carbocycles. The van der Waals surface area contributed by atoms with Crippen molar-refractivity contribution in [2.45, 2.75) is 18.7 Å². The molecule has 3 rings (SSSR count). The standard InChI is InChI=1S/C21H24F2N2O5S/c1-3-29-18-7-5-15(13-19(18)30-4-2)21(26)24-9-11-25(12-10-24)31(27,28)20-8-6-16(22)14-17(20)23/h5-8,13-14H,3-4,9-12H2,1-2H3. The first-order valence-corrected chi connectivity index (χ1v) is 11.4. The van der Waals surface area contributed by atoms with Crippen molar-refractivity contribution in [3.8, 4) is 11.5 Å². The molecule has 1 heterocycles. The van der Waals surface area contributed by atoms with Gasteiger partial charge in [-0.25, -0.2) is 17.2 Å². The first kappa shape index (κ1) is 23.0. The molecule has 0 N–H and O–H groups in total. The highest BCUT2D eigenvalue weighted by Crippen LogP contribution is 2.29. The number of ether oxygens (including phenoxy) is 2. The summed E-state index contributed by atoms with van der Waals surface area (Å²) in [5.74, 6) is -1.26. The quantitative estimate of drug-likeness (QED) is 0.643. The van der Waals surface area contributed by atoms with Crippen LogP contribution in [0.3, 0.4) is 0 Å². The van der Waals surface area contributed by atoms with E-state index in [2.05, 4.69) is 0 Å². The summed E-state index contributed by atoms with van der Waals surface area (Å²) in [5.41, 5.74) is 0.396. The summed E-state index contributed by atoms with van der Waals surface area (Å²) in [6.07, 6.45) is 0. The predicted octanol–water partition coefficient (Wildman–Crippen LogP) is 2.91. The normalized spacial score (nSPS) is 15.0. The molecule has 1 amide bonds. The number of carbonyl (C=O) groups is 1. The van der Waals surface area contributed by atoms with E-state index >= 15 is 0 Å². The lowest BCUT2D eigenvalue weighted by Gasteiger charge is -2.34. The Balaban J connectivity index is 1.72. The SMILES string of the molecule is CCOc1ccc(C(=O)N2CCN(S(=O)(=O)c3ccc(F)cc3F)CC2)cc1OCC. The van der Waals surface area contributed by atoms with Crippen LogP contribution in [0.15, 0.2) is 41.3 Å². The molecule has 1 fully saturated rings. The van der Waals surface area contributed by atoms with Gasteiger partial charge in [0.25, 0.3) is 5.91 Å². The molecule has 0 spiro atoms. The molecule has 7 nitrogen and oxygen atoms in total. The van der Waals surface area contributed by atoms with Crippen molar-refractivity contribution < 1.29 is 31.5 Å². The Morgan fingerprint density at radius 3 is 2.19 bits per heavy atom. The number of hydrogen-bond donors (Lipinski definition) is 0. The summed E-state index contributed by atoms with van der Waals surface area (Å²) >= 11 is 0. The summed E-state index contributed by atoms with van der Waals surface area (Å²) in [7, 11) is -4.13. The lowest BCUT2D eigenvalue weighted by Crippen LogP contribution is -2.50. The third-order valence-corrected chi connectivity index (χ3v) is 6.76. The fraction of sp³-hybridized carbons (Fsp3) is 0.381. The van der Waals surface area contributed by atoms with Crippen molar-refractivity contribution in [3.63, 3.8) is 0 Å². The summed E-state index contributed by atoms with van der Waals surface area (Å²) in [4.78, 5) is 13.8. The smallest absolute Gasteiger partial charge is 0.254 e. The van der Waals surface area contributed by atoms with Crippen molar-refractivity contribution in [2.24, 2.45) is 0 Å². The van der Waals surface area contributed by atoms with Gasteiger partial charge < -0.3 is 14.4 Å². The van der Waals surface area contributed by atoms with Crippen LogP contribution in [0.2, 0.25) is 0 Å². The van der Waals surface area contributed by atoms with Gasteiger partial charge in [-0.2, -0.15) is 4.31 Å². The molecule has 1 aliphatic heterocycles. The number of nitrogens with zero attached hydrogens (tertiary/aromatic N) is 2. The molecule has 1 aliphatic rings. The third-order valence-electron chi connectivity index (χ3n) is 4.83. The second kappa shape index (κ2) is 9.61. The van der Waals surface area contributed by atoms with E-state index < -0.39 is 26.6 Å². The number of piperazine rings is 1. The van der Waals surface area contributed by atoms with Gasteiger partial charge in [0.15, 0.2) is 11.5 Å². The zero-order valence-corrected chi connectivity index (χ0v) is 18.1. The van der Waals surface area contributed by atoms with Crippen molar-refractivity contribution in [3.05, 3.63) is 53.6 Å². The molecule has 0 aromatic heterocycles. The Kier molecular flexibility index (Phi) is 7.11. The first-order chi connectivity index (χ1) is 14.8. The fourth-order valence-electron chi connectivity index (χ4n) is 3.32. The number of carbonyl (C=O) groups excluding carboxylic acids is 1. The van der Waals surface area contributed by atoms with Gasteiger partial charge >= 0.3 is 0 Å². The van der Waals surface area contributed by atoms with Crippen LogP contribution < -0.4 is 9.47 Å². The number of benzene rings is 2. The predicted molar refractivity (Wildman–Crippen MR) is 110 cm³/mol. The van der Waals surface area contributed by atoms with Crippen molar-refractivity contribution in [1.29, 1.82) is 0 Å². The van der Waals surface area contributed by atoms with Gasteiger partial charge in [-0.1, -0.05) is 0 Å². The minimum absolute atomic E-state index is 0.000234. The van der Waals surface area contributed by atoms with Gasteiger partial charge in [0.1, 0.15) is 16.5 Å². The van der Waals surface area contributed by atoms with Crippen molar-refractivity contribution in [2.75, 3.05) is 39.4 Å². The zero-order valence-electron chi connectivity index (χ0n) is 17.3. The van der Waals surface area contributed by atoms with Gasteiger partial charge in [-0.05, 0) is 44.2 Å². The zero-order chi connectivity index (χ0) is 22.6. The summed E-state index contributed by atoms with van der Waals surface area (Å²) < 4.78 is 64.7. The van der Waals surface area contributed by atoms with E-state index in [1.54, 1.807) is 18.2 Å². The van der Waals surface area contributed by atoms with Crippen LogP contribution in [0.25, 0.3) is 0 Å². The number of amides is 1. The van der Waals surface area contributed by atoms with Gasteiger partial charge in [0.2, 0.25) is 10.0 Å². The molecule has 0 saturated carbocycles. The highest BCUT2D eigenvalue weighted by Gasteiger charge is 2.32. The van der Waals surface area contributed by atoms with Gasteiger partial charge in [0, 0.05) is 37.8 Å². The van der Waals surface area contributed by atoms with Gasteiger partial charge in [-0.3, -0.25) is 4.79 Å². The number of halogens is 2. The van der Waals surface area contributed by atoms with Crippen LogP contribution in [0, 0.1) is 11.6 Å². The van der Waals surface area contributed by atoms with Crippen LogP contribution in [0.4, 0.5) is 8.78 Å². The number of rotatable bonds is 7. The molecule has 0 radical (unpaired) electrons. The lowest BCUT2D eigenvalue weighted by atomic mass is 10.1. The minimum Gasteiger partial charge on any atom is -0.490 e. The lowest BCUT2D eigenvalue weighted by molar-refractivity contribution is 0.0697. The van der Waals surface area contributed by atoms with Crippen LogP contribution in [0.5, 0.6) is 11.5 Å². The average molecular weight is 454 g/mol. The summed E-state index contributed by atoms with van der Waals surface area (Å²) in [6.45, 7) is 4.82. The molecule has 0 aliphatic carbocycles. The Morgan fingerprint density at radius 2 is 1.58 bits per heavy atom. The first-order valence-electron chi connectivity index (χ1n) is 9.92.